The molecule has 0 saturated carbocycles. The number of fused-ring (bicyclic) bond motifs is 1. The molecule has 0 bridgehead atoms. The van der Waals surface area contributed by atoms with Crippen LogP contribution in [0.3, 0.4) is 0 Å². The van der Waals surface area contributed by atoms with Crippen molar-refractivity contribution in [2.45, 2.75) is 31.8 Å². The largest absolute Gasteiger partial charge is 0.356 e. The number of nitrogens with zero attached hydrogens (tertiary/aromatic N) is 4. The predicted molar refractivity (Wildman–Crippen MR) is 102 cm³/mol. The van der Waals surface area contributed by atoms with Gasteiger partial charge in [-0.1, -0.05) is 0 Å². The lowest BCUT2D eigenvalue weighted by Crippen LogP contribution is -2.47. The molecule has 1 aliphatic rings. The van der Waals surface area contributed by atoms with Gasteiger partial charge in [0.25, 0.3) is 0 Å². The van der Waals surface area contributed by atoms with Gasteiger partial charge in [-0.05, 0) is 36.6 Å². The Kier molecular flexibility index (Phi) is 7.09. The monoisotopic (exact) mass is 462 g/mol. The predicted octanol–water partition coefficient (Wildman–Crippen LogP) is 1.90. The van der Waals surface area contributed by atoms with E-state index >= 15 is 0 Å². The normalized spacial score (nSPS) is 16.8. The highest BCUT2D eigenvalue weighted by Gasteiger charge is 2.20. The number of hydrogen-bond acceptors (Lipinski definition) is 3. The van der Waals surface area contributed by atoms with Gasteiger partial charge < -0.3 is 10.6 Å². The van der Waals surface area contributed by atoms with Crippen molar-refractivity contribution in [3.63, 3.8) is 0 Å². The summed E-state index contributed by atoms with van der Waals surface area (Å²) in [5.41, 5.74) is 0.350. The third-order valence-electron chi connectivity index (χ3n) is 4.06. The number of aryl methyl sites for hydroxylation is 1. The molecule has 6 nitrogen and oxygen atoms in total. The van der Waals surface area contributed by atoms with E-state index in [-0.39, 0.29) is 30.0 Å². The fourth-order valence-electron chi connectivity index (χ4n) is 2.79. The molecule has 3 rings (SSSR count). The molecule has 0 amide bonds. The second-order valence-corrected chi connectivity index (χ2v) is 5.72. The van der Waals surface area contributed by atoms with Crippen LogP contribution in [0.1, 0.15) is 17.8 Å². The van der Waals surface area contributed by atoms with Crippen molar-refractivity contribution in [2.24, 2.45) is 4.99 Å². The highest BCUT2D eigenvalue weighted by atomic mass is 127. The van der Waals surface area contributed by atoms with Crippen molar-refractivity contribution >= 4 is 29.9 Å². The van der Waals surface area contributed by atoms with E-state index in [1.807, 2.05) is 4.68 Å². The van der Waals surface area contributed by atoms with Gasteiger partial charge in [0.15, 0.2) is 5.96 Å². The maximum Gasteiger partial charge on any atom is 0.191 e. The first-order valence-electron chi connectivity index (χ1n) is 7.93. The average Bonchev–Trinajstić information content (AvgIpc) is 3.04. The molecule has 1 unspecified atom stereocenters. The summed E-state index contributed by atoms with van der Waals surface area (Å²) in [6.07, 6.45) is 3.75. The van der Waals surface area contributed by atoms with Crippen LogP contribution in [-0.2, 0) is 19.4 Å². The molecule has 0 saturated heterocycles. The number of benzene rings is 1. The summed E-state index contributed by atoms with van der Waals surface area (Å²) in [5, 5.41) is 10.7. The zero-order valence-electron chi connectivity index (χ0n) is 13.9. The molecule has 25 heavy (non-hydrogen) atoms. The van der Waals surface area contributed by atoms with Crippen molar-refractivity contribution in [1.82, 2.24) is 25.4 Å². The number of aliphatic imine (C=N–C) groups is 1. The molecule has 2 heterocycles. The molecule has 0 fully saturated rings. The van der Waals surface area contributed by atoms with Crippen LogP contribution in [0.25, 0.3) is 0 Å². The Morgan fingerprint density at radius 2 is 2.24 bits per heavy atom. The fourth-order valence-corrected chi connectivity index (χ4v) is 2.79. The smallest absolute Gasteiger partial charge is 0.191 e. The zero-order chi connectivity index (χ0) is 16.9. The van der Waals surface area contributed by atoms with Crippen LogP contribution < -0.4 is 10.6 Å². The first-order valence-corrected chi connectivity index (χ1v) is 7.93. The topological polar surface area (TPSA) is 67.1 Å². The van der Waals surface area contributed by atoms with Crippen molar-refractivity contribution in [3.05, 3.63) is 47.5 Å². The van der Waals surface area contributed by atoms with E-state index in [9.17, 15) is 8.78 Å². The zero-order valence-corrected chi connectivity index (χ0v) is 16.2. The molecular weight excluding hydrogens is 441 g/mol. The SMILES string of the molecule is CN=C(NCCc1cc(F)ccc1F)NC1CCc2ncnn2C1.I. The minimum Gasteiger partial charge on any atom is -0.356 e. The number of aromatic nitrogens is 3. The Bertz CT molecular complexity index is 733. The summed E-state index contributed by atoms with van der Waals surface area (Å²) in [6, 6.07) is 3.70. The lowest BCUT2D eigenvalue weighted by atomic mass is 10.1. The van der Waals surface area contributed by atoms with Gasteiger partial charge in [0.2, 0.25) is 0 Å². The number of guanidine groups is 1. The summed E-state index contributed by atoms with van der Waals surface area (Å²) in [6.45, 7) is 1.19. The average molecular weight is 462 g/mol. The molecule has 2 N–H and O–H groups in total. The van der Waals surface area contributed by atoms with Gasteiger partial charge >= 0.3 is 0 Å². The van der Waals surface area contributed by atoms with E-state index in [2.05, 4.69) is 25.7 Å². The van der Waals surface area contributed by atoms with Crippen molar-refractivity contribution in [2.75, 3.05) is 13.6 Å². The Hall–Kier alpha value is -1.78. The quantitative estimate of drug-likeness (QED) is 0.414. The summed E-state index contributed by atoms with van der Waals surface area (Å²) in [7, 11) is 1.68. The highest BCUT2D eigenvalue weighted by molar-refractivity contribution is 14.0. The van der Waals surface area contributed by atoms with Gasteiger partial charge in [0.1, 0.15) is 23.8 Å². The number of nitrogens with one attached hydrogen (secondary N) is 2. The molecule has 2 aromatic rings. The summed E-state index contributed by atoms with van der Waals surface area (Å²) < 4.78 is 28.7. The van der Waals surface area contributed by atoms with Gasteiger partial charge in [0, 0.05) is 26.1 Å². The second-order valence-electron chi connectivity index (χ2n) is 5.72. The van der Waals surface area contributed by atoms with Gasteiger partial charge in [-0.2, -0.15) is 5.10 Å². The van der Waals surface area contributed by atoms with E-state index in [1.165, 1.54) is 6.07 Å². The van der Waals surface area contributed by atoms with Gasteiger partial charge in [-0.3, -0.25) is 4.99 Å². The van der Waals surface area contributed by atoms with Gasteiger partial charge in [-0.25, -0.2) is 18.4 Å². The molecule has 0 spiro atoms. The minimum atomic E-state index is -0.431. The molecule has 1 atom stereocenters. The maximum absolute atomic E-state index is 13.6. The standard InChI is InChI=1S/C16H20F2N6.HI/c1-19-16(20-7-6-11-8-12(17)2-4-14(11)18)23-13-3-5-15-21-10-22-24(15)9-13;/h2,4,8,10,13H,3,5-7,9H2,1H3,(H2,19,20,23);1H. The Morgan fingerprint density at radius 1 is 1.40 bits per heavy atom. The second kappa shape index (κ2) is 9.07. The van der Waals surface area contributed by atoms with Crippen molar-refractivity contribution < 1.29 is 8.78 Å². The molecule has 9 heteroatoms. The maximum atomic E-state index is 13.6. The highest BCUT2D eigenvalue weighted by Crippen LogP contribution is 2.11. The third-order valence-corrected chi connectivity index (χ3v) is 4.06. The molecule has 0 aliphatic carbocycles. The summed E-state index contributed by atoms with van der Waals surface area (Å²) >= 11 is 0. The Balaban J connectivity index is 0.00000225. The molecule has 1 aliphatic heterocycles. The first kappa shape index (κ1) is 19.5. The van der Waals surface area contributed by atoms with Crippen LogP contribution in [0, 0.1) is 11.6 Å². The van der Waals surface area contributed by atoms with Crippen LogP contribution in [0.15, 0.2) is 29.5 Å². The van der Waals surface area contributed by atoms with E-state index in [4.69, 9.17) is 0 Å². The minimum absolute atomic E-state index is 0. The number of hydrogen-bond donors (Lipinski definition) is 2. The van der Waals surface area contributed by atoms with Crippen LogP contribution in [0.2, 0.25) is 0 Å². The molecule has 136 valence electrons. The van der Waals surface area contributed by atoms with E-state index in [1.54, 1.807) is 13.4 Å². The van der Waals surface area contributed by atoms with Crippen LogP contribution in [0.4, 0.5) is 8.78 Å². The molecule has 0 radical (unpaired) electrons. The Morgan fingerprint density at radius 3 is 3.04 bits per heavy atom. The molecule has 1 aromatic carbocycles. The fraction of sp³-hybridized carbons (Fsp3) is 0.438. The molecular formula is C16H21F2IN6. The third kappa shape index (κ3) is 5.10. The van der Waals surface area contributed by atoms with E-state index in [0.717, 1.165) is 37.3 Å². The van der Waals surface area contributed by atoms with Gasteiger partial charge in [-0.15, -0.1) is 24.0 Å². The molecule has 1 aromatic heterocycles. The van der Waals surface area contributed by atoms with Gasteiger partial charge in [0.05, 0.1) is 6.54 Å². The van der Waals surface area contributed by atoms with E-state index < -0.39 is 11.6 Å². The van der Waals surface area contributed by atoms with Crippen LogP contribution in [0.5, 0.6) is 0 Å². The van der Waals surface area contributed by atoms with E-state index in [0.29, 0.717) is 24.5 Å². The number of rotatable bonds is 4. The lowest BCUT2D eigenvalue weighted by Gasteiger charge is -2.25. The van der Waals surface area contributed by atoms with Crippen LogP contribution in [-0.4, -0.2) is 40.4 Å². The number of halogens is 3. The Labute approximate surface area is 162 Å². The van der Waals surface area contributed by atoms with Crippen molar-refractivity contribution in [1.29, 1.82) is 0 Å². The van der Waals surface area contributed by atoms with Crippen molar-refractivity contribution in [3.8, 4) is 0 Å². The lowest BCUT2D eigenvalue weighted by molar-refractivity contribution is 0.393. The summed E-state index contributed by atoms with van der Waals surface area (Å²) in [4.78, 5) is 8.38. The van der Waals surface area contributed by atoms with Crippen LogP contribution >= 0.6 is 24.0 Å². The summed E-state index contributed by atoms with van der Waals surface area (Å²) in [5.74, 6) is 0.810. The first-order chi connectivity index (χ1) is 11.7.